The third-order valence-electron chi connectivity index (χ3n) is 7.27. The number of hydrogen-bond acceptors (Lipinski definition) is 5. The fourth-order valence-corrected chi connectivity index (χ4v) is 5.50. The topological polar surface area (TPSA) is 51.4 Å². The van der Waals surface area contributed by atoms with Crippen LogP contribution in [-0.4, -0.2) is 37.7 Å². The minimum absolute atomic E-state index is 0.767. The lowest BCUT2D eigenvalue weighted by Crippen LogP contribution is -2.21. The van der Waals surface area contributed by atoms with Crippen molar-refractivity contribution in [2.75, 3.05) is 18.6 Å². The normalized spacial score (nSPS) is 13.2. The second kappa shape index (κ2) is 9.06. The van der Waals surface area contributed by atoms with E-state index in [0.29, 0.717) is 0 Å². The van der Waals surface area contributed by atoms with Gasteiger partial charge in [-0.25, -0.2) is 4.98 Å². The molecule has 0 N–H and O–H groups in total. The van der Waals surface area contributed by atoms with Gasteiger partial charge in [-0.2, -0.15) is 0 Å². The number of aryl methyl sites for hydroxylation is 1. The number of aromatic nitrogens is 4. The highest BCUT2D eigenvalue weighted by Crippen LogP contribution is 2.35. The van der Waals surface area contributed by atoms with Crippen LogP contribution < -0.4 is 9.64 Å². The minimum Gasteiger partial charge on any atom is -0.457 e. The predicted molar refractivity (Wildman–Crippen MR) is 156 cm³/mol. The van der Waals surface area contributed by atoms with Crippen molar-refractivity contribution in [3.63, 3.8) is 0 Å². The number of rotatable bonds is 5. The molecule has 0 amide bonds. The molecule has 39 heavy (non-hydrogen) atoms. The summed E-state index contributed by atoms with van der Waals surface area (Å²) in [4.78, 5) is 13.7. The number of fused-ring (bicyclic) bond motifs is 3. The monoisotopic (exact) mass is 512 g/mol. The number of pyridine rings is 1. The zero-order chi connectivity index (χ0) is 26.5. The summed E-state index contributed by atoms with van der Waals surface area (Å²) in [6.45, 7) is 2.89. The van der Waals surface area contributed by atoms with E-state index in [4.69, 9.17) is 9.72 Å². The molecule has 0 unspecified atom stereocenters. The maximum absolute atomic E-state index is 6.32. The molecule has 0 aliphatic carbocycles. The van der Waals surface area contributed by atoms with E-state index in [1.54, 1.807) is 0 Å². The number of nitrogens with zero attached hydrogens (tertiary/aromatic N) is 6. The lowest BCUT2D eigenvalue weighted by molar-refractivity contribution is 0.481. The van der Waals surface area contributed by atoms with Crippen LogP contribution in [0.2, 0.25) is 0 Å². The van der Waals surface area contributed by atoms with E-state index in [1.165, 1.54) is 5.39 Å². The van der Waals surface area contributed by atoms with Gasteiger partial charge in [0.15, 0.2) is 0 Å². The Morgan fingerprint density at radius 2 is 1.59 bits per heavy atom. The van der Waals surface area contributed by atoms with Gasteiger partial charge < -0.3 is 19.1 Å². The largest absolute Gasteiger partial charge is 0.457 e. The van der Waals surface area contributed by atoms with Crippen molar-refractivity contribution in [1.29, 1.82) is 0 Å². The van der Waals surface area contributed by atoms with Crippen LogP contribution in [0.3, 0.4) is 0 Å². The van der Waals surface area contributed by atoms with E-state index in [-0.39, 0.29) is 0 Å². The molecule has 0 bridgehead atoms. The summed E-state index contributed by atoms with van der Waals surface area (Å²) in [6, 6.07) is 26.8. The van der Waals surface area contributed by atoms with Gasteiger partial charge in [0.25, 0.3) is 0 Å². The first-order valence-corrected chi connectivity index (χ1v) is 13.0. The molecule has 1 aliphatic heterocycles. The molecular formula is C32H28N6O. The van der Waals surface area contributed by atoms with Crippen molar-refractivity contribution in [2.24, 2.45) is 7.05 Å². The first-order valence-electron chi connectivity index (χ1n) is 13.0. The van der Waals surface area contributed by atoms with Crippen molar-refractivity contribution < 1.29 is 4.74 Å². The van der Waals surface area contributed by atoms with Crippen LogP contribution in [0.15, 0.2) is 104 Å². The van der Waals surface area contributed by atoms with Gasteiger partial charge in [-0.3, -0.25) is 9.55 Å². The van der Waals surface area contributed by atoms with Crippen LogP contribution in [0.4, 0.5) is 5.69 Å². The van der Waals surface area contributed by atoms with Crippen LogP contribution >= 0.6 is 0 Å². The lowest BCUT2D eigenvalue weighted by Gasteiger charge is -2.19. The molecule has 7 nitrogen and oxygen atoms in total. The number of imidazole rings is 1. The van der Waals surface area contributed by atoms with E-state index >= 15 is 0 Å². The molecular weight excluding hydrogens is 484 g/mol. The molecule has 7 heteroatoms. The Kier molecular flexibility index (Phi) is 5.37. The molecule has 0 saturated carbocycles. The van der Waals surface area contributed by atoms with Gasteiger partial charge >= 0.3 is 0 Å². The number of para-hydroxylation sites is 1. The Bertz CT molecular complexity index is 1830. The van der Waals surface area contributed by atoms with Crippen LogP contribution in [0.25, 0.3) is 39.0 Å². The van der Waals surface area contributed by atoms with Crippen molar-refractivity contribution in [1.82, 2.24) is 24.0 Å². The van der Waals surface area contributed by atoms with E-state index in [2.05, 4.69) is 112 Å². The highest BCUT2D eigenvalue weighted by molar-refractivity contribution is 6.08. The number of hydrogen-bond donors (Lipinski definition) is 0. The quantitative estimate of drug-likeness (QED) is 0.253. The smallest absolute Gasteiger partial charge is 0.141 e. The van der Waals surface area contributed by atoms with E-state index in [0.717, 1.165) is 63.2 Å². The van der Waals surface area contributed by atoms with Gasteiger partial charge in [0, 0.05) is 67.0 Å². The van der Waals surface area contributed by atoms with Crippen molar-refractivity contribution in [2.45, 2.75) is 6.92 Å². The molecule has 7 rings (SSSR count). The average Bonchev–Trinajstić information content (AvgIpc) is 3.62. The third kappa shape index (κ3) is 3.90. The highest BCUT2D eigenvalue weighted by atomic mass is 16.5. The van der Waals surface area contributed by atoms with E-state index in [1.807, 2.05) is 36.7 Å². The van der Waals surface area contributed by atoms with Gasteiger partial charge in [0.05, 0.1) is 23.4 Å². The number of ether oxygens (including phenoxy) is 1. The third-order valence-corrected chi connectivity index (χ3v) is 7.27. The van der Waals surface area contributed by atoms with Gasteiger partial charge in [0.2, 0.25) is 0 Å². The molecule has 6 aromatic rings. The van der Waals surface area contributed by atoms with E-state index < -0.39 is 0 Å². The molecule has 4 heterocycles. The fraction of sp³-hybridized carbons (Fsp3) is 0.125. The molecule has 0 fully saturated rings. The van der Waals surface area contributed by atoms with Crippen LogP contribution in [0.5, 0.6) is 11.5 Å². The summed E-state index contributed by atoms with van der Waals surface area (Å²) >= 11 is 0. The molecule has 1 aliphatic rings. The first kappa shape index (κ1) is 23.1. The van der Waals surface area contributed by atoms with Crippen LogP contribution in [0.1, 0.15) is 5.69 Å². The summed E-state index contributed by atoms with van der Waals surface area (Å²) in [5.74, 6) is 3.48. The van der Waals surface area contributed by atoms with Crippen molar-refractivity contribution in [3.05, 3.63) is 109 Å². The van der Waals surface area contributed by atoms with Gasteiger partial charge in [0.1, 0.15) is 23.1 Å². The van der Waals surface area contributed by atoms with Crippen LogP contribution in [-0.2, 0) is 7.05 Å². The summed E-state index contributed by atoms with van der Waals surface area (Å²) in [5.41, 5.74) is 5.28. The van der Waals surface area contributed by atoms with Gasteiger partial charge in [-0.1, -0.05) is 36.4 Å². The Hall–Kier alpha value is -5.04. The number of anilines is 1. The van der Waals surface area contributed by atoms with Crippen LogP contribution in [0, 0.1) is 6.92 Å². The summed E-state index contributed by atoms with van der Waals surface area (Å²) < 4.78 is 10.8. The Labute approximate surface area is 226 Å². The molecule has 192 valence electrons. The zero-order valence-corrected chi connectivity index (χ0v) is 22.1. The zero-order valence-electron chi connectivity index (χ0n) is 22.1. The maximum atomic E-state index is 6.32. The van der Waals surface area contributed by atoms with Crippen molar-refractivity contribution in [3.8, 4) is 28.7 Å². The Morgan fingerprint density at radius 1 is 0.795 bits per heavy atom. The van der Waals surface area contributed by atoms with Gasteiger partial charge in [-0.05, 0) is 43.3 Å². The standard InChI is InChI=1S/C32H28N6O/c1-22-32(38-29-13-5-4-12-27(29)28-20-33-15-14-30(28)38)36(3)31(34-22)23-8-6-10-25(18-23)39-26-11-7-9-24(19-26)37-17-16-35(2)21-37/h4-20H,21H2,1-3H3. The highest BCUT2D eigenvalue weighted by Gasteiger charge is 2.20. The molecule has 3 aromatic heterocycles. The summed E-state index contributed by atoms with van der Waals surface area (Å²) in [5, 5.41) is 2.31. The number of benzene rings is 3. The lowest BCUT2D eigenvalue weighted by atomic mass is 10.2. The molecule has 0 atom stereocenters. The maximum Gasteiger partial charge on any atom is 0.141 e. The Balaban J connectivity index is 1.26. The molecule has 0 saturated heterocycles. The second-order valence-electron chi connectivity index (χ2n) is 9.94. The first-order chi connectivity index (χ1) is 19.1. The second-order valence-corrected chi connectivity index (χ2v) is 9.94. The molecule has 3 aromatic carbocycles. The van der Waals surface area contributed by atoms with Gasteiger partial charge in [-0.15, -0.1) is 0 Å². The fourth-order valence-electron chi connectivity index (χ4n) is 5.50. The SMILES string of the molecule is Cc1nc(-c2cccc(Oc3cccc(N4C=CN(C)C4)c3)c2)n(C)c1-n1c2ccccc2c2cnccc21. The molecule has 0 radical (unpaired) electrons. The summed E-state index contributed by atoms with van der Waals surface area (Å²) in [7, 11) is 4.13. The Morgan fingerprint density at radius 3 is 2.44 bits per heavy atom. The summed E-state index contributed by atoms with van der Waals surface area (Å²) in [6.07, 6.45) is 7.93. The predicted octanol–water partition coefficient (Wildman–Crippen LogP) is 6.86. The van der Waals surface area contributed by atoms with E-state index in [9.17, 15) is 0 Å². The molecule has 0 spiro atoms. The average molecular weight is 513 g/mol. The van der Waals surface area contributed by atoms with Crippen molar-refractivity contribution >= 4 is 27.5 Å². The minimum atomic E-state index is 0.767.